The van der Waals surface area contributed by atoms with Crippen molar-refractivity contribution >= 4 is 30.7 Å². The molecule has 0 aromatic rings. The van der Waals surface area contributed by atoms with Gasteiger partial charge in [0, 0.05) is 38.6 Å². The van der Waals surface area contributed by atoms with Crippen LogP contribution in [0, 0.1) is 11.8 Å². The van der Waals surface area contributed by atoms with Crippen LogP contribution in [0.4, 0.5) is 0 Å². The van der Waals surface area contributed by atoms with Crippen LogP contribution in [0.15, 0.2) is 0 Å². The van der Waals surface area contributed by atoms with Crippen LogP contribution >= 0.6 is 24.8 Å². The van der Waals surface area contributed by atoms with Crippen molar-refractivity contribution in [1.82, 2.24) is 15.1 Å². The molecule has 1 saturated heterocycles. The third kappa shape index (κ3) is 7.07. The maximum Gasteiger partial charge on any atom is 0.222 e. The number of nitrogens with one attached hydrogen (secondary N) is 1. The van der Waals surface area contributed by atoms with E-state index >= 15 is 0 Å². The molecule has 1 aliphatic carbocycles. The third-order valence-corrected chi connectivity index (χ3v) is 5.68. The van der Waals surface area contributed by atoms with E-state index in [4.69, 9.17) is 0 Å². The molecule has 0 aromatic heterocycles. The molecule has 144 valence electrons. The second kappa shape index (κ2) is 12.3. The van der Waals surface area contributed by atoms with Gasteiger partial charge < -0.3 is 10.2 Å². The molecular formula is C18H37Cl2N3O. The minimum Gasteiger partial charge on any atom is -0.340 e. The highest BCUT2D eigenvalue weighted by atomic mass is 35.5. The van der Waals surface area contributed by atoms with E-state index in [-0.39, 0.29) is 24.8 Å². The molecule has 4 nitrogen and oxygen atoms in total. The average Bonchev–Trinajstić information content (AvgIpc) is 2.55. The molecule has 2 aliphatic rings. The van der Waals surface area contributed by atoms with Gasteiger partial charge in [-0.1, -0.05) is 13.8 Å². The molecule has 1 amide bonds. The minimum atomic E-state index is 0. The van der Waals surface area contributed by atoms with Crippen molar-refractivity contribution in [1.29, 1.82) is 0 Å². The van der Waals surface area contributed by atoms with E-state index in [0.717, 1.165) is 57.0 Å². The van der Waals surface area contributed by atoms with Crippen molar-refractivity contribution in [2.24, 2.45) is 11.8 Å². The van der Waals surface area contributed by atoms with Gasteiger partial charge >= 0.3 is 0 Å². The minimum absolute atomic E-state index is 0. The molecule has 1 saturated carbocycles. The van der Waals surface area contributed by atoms with Crippen LogP contribution in [0.25, 0.3) is 0 Å². The molecular weight excluding hydrogens is 345 g/mol. The van der Waals surface area contributed by atoms with Gasteiger partial charge in [0.05, 0.1) is 0 Å². The fourth-order valence-electron chi connectivity index (χ4n) is 4.04. The SMILES string of the molecule is CNCCCC(=O)N1CCN(C2CCC(C(C)C)CC2)CC1.Cl.Cl. The second-order valence-corrected chi connectivity index (χ2v) is 7.44. The van der Waals surface area contributed by atoms with E-state index in [2.05, 4.69) is 29.0 Å². The van der Waals surface area contributed by atoms with Crippen LogP contribution in [0.3, 0.4) is 0 Å². The summed E-state index contributed by atoms with van der Waals surface area (Å²) in [5.41, 5.74) is 0. The van der Waals surface area contributed by atoms with Gasteiger partial charge in [-0.05, 0) is 57.5 Å². The van der Waals surface area contributed by atoms with E-state index in [1.807, 2.05) is 7.05 Å². The van der Waals surface area contributed by atoms with Gasteiger partial charge in [-0.15, -0.1) is 24.8 Å². The quantitative estimate of drug-likeness (QED) is 0.717. The second-order valence-electron chi connectivity index (χ2n) is 7.44. The zero-order valence-corrected chi connectivity index (χ0v) is 17.3. The maximum absolute atomic E-state index is 12.2. The van der Waals surface area contributed by atoms with Gasteiger partial charge in [0.2, 0.25) is 5.91 Å². The first kappa shape index (κ1) is 24.0. The van der Waals surface area contributed by atoms with Crippen molar-refractivity contribution < 1.29 is 4.79 Å². The molecule has 0 radical (unpaired) electrons. The van der Waals surface area contributed by atoms with Gasteiger partial charge in [-0.25, -0.2) is 0 Å². The summed E-state index contributed by atoms with van der Waals surface area (Å²) in [6.07, 6.45) is 7.16. The monoisotopic (exact) mass is 381 g/mol. The summed E-state index contributed by atoms with van der Waals surface area (Å²) in [7, 11) is 1.94. The van der Waals surface area contributed by atoms with Crippen LogP contribution in [-0.2, 0) is 4.79 Å². The molecule has 0 atom stereocenters. The first-order chi connectivity index (χ1) is 10.6. The predicted molar refractivity (Wildman–Crippen MR) is 106 cm³/mol. The number of halogens is 2. The number of piperazine rings is 1. The number of carbonyl (C=O) groups is 1. The van der Waals surface area contributed by atoms with Crippen LogP contribution in [0.2, 0.25) is 0 Å². The molecule has 0 bridgehead atoms. The Morgan fingerprint density at radius 2 is 1.62 bits per heavy atom. The average molecular weight is 382 g/mol. The highest BCUT2D eigenvalue weighted by molar-refractivity contribution is 5.85. The van der Waals surface area contributed by atoms with E-state index in [0.29, 0.717) is 12.3 Å². The maximum atomic E-state index is 12.2. The number of rotatable bonds is 6. The Morgan fingerprint density at radius 3 is 2.12 bits per heavy atom. The summed E-state index contributed by atoms with van der Waals surface area (Å²) < 4.78 is 0. The summed E-state index contributed by atoms with van der Waals surface area (Å²) in [5.74, 6) is 2.12. The van der Waals surface area contributed by atoms with E-state index in [9.17, 15) is 4.79 Å². The molecule has 1 aliphatic heterocycles. The molecule has 2 fully saturated rings. The summed E-state index contributed by atoms with van der Waals surface area (Å²) in [6.45, 7) is 9.69. The zero-order valence-electron chi connectivity index (χ0n) is 15.6. The van der Waals surface area contributed by atoms with Crippen molar-refractivity contribution in [2.45, 2.75) is 58.4 Å². The molecule has 6 heteroatoms. The lowest BCUT2D eigenvalue weighted by atomic mass is 9.79. The van der Waals surface area contributed by atoms with Crippen LogP contribution in [0.5, 0.6) is 0 Å². The summed E-state index contributed by atoms with van der Waals surface area (Å²) >= 11 is 0. The smallest absolute Gasteiger partial charge is 0.222 e. The lowest BCUT2D eigenvalue weighted by Crippen LogP contribution is -2.52. The molecule has 0 spiro atoms. The summed E-state index contributed by atoms with van der Waals surface area (Å²) in [4.78, 5) is 16.9. The molecule has 0 aromatic carbocycles. The van der Waals surface area contributed by atoms with E-state index in [1.165, 1.54) is 25.7 Å². The Labute approximate surface area is 160 Å². The van der Waals surface area contributed by atoms with Crippen molar-refractivity contribution in [3.8, 4) is 0 Å². The van der Waals surface area contributed by atoms with Crippen LogP contribution in [0.1, 0.15) is 52.4 Å². The predicted octanol–water partition coefficient (Wildman–Crippen LogP) is 3.19. The first-order valence-electron chi connectivity index (χ1n) is 9.28. The van der Waals surface area contributed by atoms with Crippen LogP contribution < -0.4 is 5.32 Å². The number of hydrogen-bond acceptors (Lipinski definition) is 3. The standard InChI is InChI=1S/C18H35N3O.2ClH/c1-15(2)16-6-8-17(9-7-16)20-11-13-21(14-12-20)18(22)5-4-10-19-3;;/h15-17,19H,4-14H2,1-3H3;2*1H. The number of amides is 1. The molecule has 24 heavy (non-hydrogen) atoms. The first-order valence-corrected chi connectivity index (χ1v) is 9.28. The Balaban J connectivity index is 0.00000264. The number of nitrogens with zero attached hydrogens (tertiary/aromatic N) is 2. The van der Waals surface area contributed by atoms with Gasteiger partial charge in [0.15, 0.2) is 0 Å². The highest BCUT2D eigenvalue weighted by Gasteiger charge is 2.30. The largest absolute Gasteiger partial charge is 0.340 e. The van der Waals surface area contributed by atoms with E-state index in [1.54, 1.807) is 0 Å². The Morgan fingerprint density at radius 1 is 1.04 bits per heavy atom. The molecule has 1 N–H and O–H groups in total. The normalized spacial score (nSPS) is 25.1. The highest BCUT2D eigenvalue weighted by Crippen LogP contribution is 2.32. The summed E-state index contributed by atoms with van der Waals surface area (Å²) in [5, 5.41) is 3.11. The Hall–Kier alpha value is -0.0300. The number of carbonyl (C=O) groups excluding carboxylic acids is 1. The fraction of sp³-hybridized carbons (Fsp3) is 0.944. The van der Waals surface area contributed by atoms with Crippen molar-refractivity contribution in [3.05, 3.63) is 0 Å². The lowest BCUT2D eigenvalue weighted by Gasteiger charge is -2.42. The topological polar surface area (TPSA) is 35.6 Å². The lowest BCUT2D eigenvalue weighted by molar-refractivity contribution is -0.133. The van der Waals surface area contributed by atoms with Gasteiger partial charge in [0.1, 0.15) is 0 Å². The van der Waals surface area contributed by atoms with Crippen molar-refractivity contribution in [3.63, 3.8) is 0 Å². The fourth-order valence-corrected chi connectivity index (χ4v) is 4.04. The Kier molecular flexibility index (Phi) is 12.3. The summed E-state index contributed by atoms with van der Waals surface area (Å²) in [6, 6.07) is 0.775. The van der Waals surface area contributed by atoms with E-state index < -0.39 is 0 Å². The third-order valence-electron chi connectivity index (χ3n) is 5.68. The van der Waals surface area contributed by atoms with Gasteiger partial charge in [-0.3, -0.25) is 9.69 Å². The molecule has 1 heterocycles. The van der Waals surface area contributed by atoms with Crippen LogP contribution in [-0.4, -0.2) is 61.5 Å². The van der Waals surface area contributed by atoms with Gasteiger partial charge in [-0.2, -0.15) is 0 Å². The molecule has 2 rings (SSSR count). The number of hydrogen-bond donors (Lipinski definition) is 1. The zero-order chi connectivity index (χ0) is 15.9. The van der Waals surface area contributed by atoms with Gasteiger partial charge in [0.25, 0.3) is 0 Å². The van der Waals surface area contributed by atoms with Crippen molar-refractivity contribution in [2.75, 3.05) is 39.8 Å². The molecule has 0 unspecified atom stereocenters. The Bertz CT molecular complexity index is 339.